The van der Waals surface area contributed by atoms with Crippen molar-refractivity contribution in [2.75, 3.05) is 0 Å². The Balaban J connectivity index is 1.05. The number of rotatable bonds is 10. The predicted octanol–water partition coefficient (Wildman–Crippen LogP) is 14.9. The number of aromatic nitrogens is 9. The summed E-state index contributed by atoms with van der Waals surface area (Å²) in [6, 6.07) is 84.1. The van der Waals surface area contributed by atoms with Gasteiger partial charge in [-0.3, -0.25) is 0 Å². The second-order valence-corrected chi connectivity index (χ2v) is 17.6. The smallest absolute Gasteiger partial charge is 0.166 e. The lowest BCUT2D eigenvalue weighted by molar-refractivity contribution is 1.06. The highest BCUT2D eigenvalue weighted by Crippen LogP contribution is 2.40. The van der Waals surface area contributed by atoms with Gasteiger partial charge in [0.15, 0.2) is 40.8 Å². The Labute approximate surface area is 421 Å². The lowest BCUT2D eigenvalue weighted by atomic mass is 10.0. The van der Waals surface area contributed by atoms with Crippen LogP contribution < -0.4 is 0 Å². The van der Waals surface area contributed by atoms with E-state index >= 15 is 0 Å². The zero-order valence-corrected chi connectivity index (χ0v) is 39.2. The number of fused-ring (bicyclic) bond motifs is 3. The van der Waals surface area contributed by atoms with Crippen molar-refractivity contribution >= 4 is 21.8 Å². The minimum Gasteiger partial charge on any atom is -0.309 e. The van der Waals surface area contributed by atoms with Gasteiger partial charge >= 0.3 is 0 Å². The molecular formula is C64H41N9. The SMILES string of the molecule is c1ccc(-c2cc(-c3ccccc3)nc(-c3ccc(-n4c5ccccc5c5cc(-c6nc(-c7ccccc7)nc(-c7ccccc7)n6)ccc54)c(-c4nc(-c5ccccc5)nc(-c5ccccc5)n4)c3)n2)cc1. The maximum Gasteiger partial charge on any atom is 0.166 e. The van der Waals surface area contributed by atoms with Gasteiger partial charge in [0.25, 0.3) is 0 Å². The quantitative estimate of drug-likeness (QED) is 0.133. The zero-order valence-electron chi connectivity index (χ0n) is 39.2. The van der Waals surface area contributed by atoms with E-state index in [1.165, 1.54) is 0 Å². The van der Waals surface area contributed by atoms with Gasteiger partial charge in [-0.25, -0.2) is 39.9 Å². The van der Waals surface area contributed by atoms with Crippen LogP contribution in [-0.2, 0) is 0 Å². The Hall–Kier alpha value is -10.1. The van der Waals surface area contributed by atoms with Crippen molar-refractivity contribution in [1.29, 1.82) is 0 Å². The van der Waals surface area contributed by atoms with E-state index in [0.29, 0.717) is 40.8 Å². The summed E-state index contributed by atoms with van der Waals surface area (Å²) in [5, 5.41) is 2.09. The number of para-hydroxylation sites is 1. The molecular weight excluding hydrogens is 895 g/mol. The van der Waals surface area contributed by atoms with Gasteiger partial charge in [-0.1, -0.05) is 200 Å². The summed E-state index contributed by atoms with van der Waals surface area (Å²) in [4.78, 5) is 41.4. The van der Waals surface area contributed by atoms with Crippen LogP contribution in [0.5, 0.6) is 0 Å². The van der Waals surface area contributed by atoms with Gasteiger partial charge in [0.05, 0.1) is 28.1 Å². The normalized spacial score (nSPS) is 11.3. The first-order valence-corrected chi connectivity index (χ1v) is 24.1. The highest BCUT2D eigenvalue weighted by Gasteiger charge is 2.23. The molecule has 73 heavy (non-hydrogen) atoms. The molecule has 0 bridgehead atoms. The van der Waals surface area contributed by atoms with Crippen molar-refractivity contribution < 1.29 is 0 Å². The number of nitrogens with zero attached hydrogens (tertiary/aromatic N) is 9. The molecule has 342 valence electrons. The molecule has 13 aromatic rings. The van der Waals surface area contributed by atoms with E-state index in [-0.39, 0.29) is 0 Å². The summed E-state index contributed by atoms with van der Waals surface area (Å²) in [6.07, 6.45) is 0. The van der Waals surface area contributed by atoms with Crippen LogP contribution in [-0.4, -0.2) is 44.4 Å². The molecule has 13 rings (SSSR count). The Morgan fingerprint density at radius 3 is 1.03 bits per heavy atom. The molecule has 0 unspecified atom stereocenters. The van der Waals surface area contributed by atoms with E-state index in [0.717, 1.165) is 89.0 Å². The van der Waals surface area contributed by atoms with Gasteiger partial charge in [0.1, 0.15) is 0 Å². The van der Waals surface area contributed by atoms with E-state index < -0.39 is 0 Å². The molecule has 0 N–H and O–H groups in total. The van der Waals surface area contributed by atoms with Crippen LogP contribution in [0.2, 0.25) is 0 Å². The third-order valence-corrected chi connectivity index (χ3v) is 12.9. The zero-order chi connectivity index (χ0) is 48.5. The first kappa shape index (κ1) is 42.9. The molecule has 0 saturated carbocycles. The minimum atomic E-state index is 0.502. The van der Waals surface area contributed by atoms with Crippen molar-refractivity contribution in [3.05, 3.63) is 249 Å². The lowest BCUT2D eigenvalue weighted by Gasteiger charge is -2.16. The Morgan fingerprint density at radius 2 is 0.562 bits per heavy atom. The van der Waals surface area contributed by atoms with E-state index in [2.05, 4.69) is 95.6 Å². The summed E-state index contributed by atoms with van der Waals surface area (Å²) in [5.74, 6) is 3.98. The Kier molecular flexibility index (Phi) is 11.0. The van der Waals surface area contributed by atoms with E-state index in [4.69, 9.17) is 39.9 Å². The third kappa shape index (κ3) is 8.36. The lowest BCUT2D eigenvalue weighted by Crippen LogP contribution is -2.04. The maximum atomic E-state index is 5.32. The van der Waals surface area contributed by atoms with Crippen molar-refractivity contribution in [3.63, 3.8) is 0 Å². The molecule has 0 aliphatic heterocycles. The molecule has 0 aliphatic carbocycles. The van der Waals surface area contributed by atoms with Crippen molar-refractivity contribution in [1.82, 2.24) is 44.4 Å². The second kappa shape index (κ2) is 18.7. The van der Waals surface area contributed by atoms with E-state index in [1.807, 2.05) is 158 Å². The average Bonchev–Trinajstić information content (AvgIpc) is 3.81. The van der Waals surface area contributed by atoms with Crippen molar-refractivity contribution in [2.45, 2.75) is 0 Å². The summed E-state index contributed by atoms with van der Waals surface area (Å²) in [5.41, 5.74) is 12.5. The molecule has 0 atom stereocenters. The van der Waals surface area contributed by atoms with Crippen LogP contribution in [0.3, 0.4) is 0 Å². The van der Waals surface area contributed by atoms with Crippen LogP contribution in [0.1, 0.15) is 0 Å². The van der Waals surface area contributed by atoms with Gasteiger partial charge in [-0.05, 0) is 48.5 Å². The molecule has 9 nitrogen and oxygen atoms in total. The molecule has 4 aromatic heterocycles. The molecule has 4 heterocycles. The average molecular weight is 936 g/mol. The summed E-state index contributed by atoms with van der Waals surface area (Å²) in [7, 11) is 0. The van der Waals surface area contributed by atoms with Crippen LogP contribution in [0.15, 0.2) is 249 Å². The summed E-state index contributed by atoms with van der Waals surface area (Å²) < 4.78 is 2.30. The maximum absolute atomic E-state index is 5.32. The molecule has 0 aliphatic rings. The summed E-state index contributed by atoms with van der Waals surface area (Å²) in [6.45, 7) is 0. The van der Waals surface area contributed by atoms with Crippen molar-refractivity contribution in [2.24, 2.45) is 0 Å². The number of hydrogen-bond acceptors (Lipinski definition) is 8. The second-order valence-electron chi connectivity index (χ2n) is 17.6. The van der Waals surface area contributed by atoms with Gasteiger partial charge in [-0.15, -0.1) is 0 Å². The van der Waals surface area contributed by atoms with Crippen LogP contribution in [0.4, 0.5) is 0 Å². The first-order chi connectivity index (χ1) is 36.2. The molecule has 0 radical (unpaired) electrons. The van der Waals surface area contributed by atoms with Crippen LogP contribution in [0, 0.1) is 0 Å². The monoisotopic (exact) mass is 935 g/mol. The molecule has 0 fully saturated rings. The van der Waals surface area contributed by atoms with Crippen molar-refractivity contribution in [3.8, 4) is 108 Å². The highest BCUT2D eigenvalue weighted by atomic mass is 15.1. The molecule has 0 spiro atoms. The third-order valence-electron chi connectivity index (χ3n) is 12.9. The molecule has 0 amide bonds. The van der Waals surface area contributed by atoms with Gasteiger partial charge < -0.3 is 4.57 Å². The number of benzene rings is 9. The van der Waals surface area contributed by atoms with E-state index in [9.17, 15) is 0 Å². The van der Waals surface area contributed by atoms with Gasteiger partial charge in [0.2, 0.25) is 0 Å². The minimum absolute atomic E-state index is 0.502. The van der Waals surface area contributed by atoms with Gasteiger partial charge in [-0.2, -0.15) is 0 Å². The molecule has 0 saturated heterocycles. The predicted molar refractivity (Wildman–Crippen MR) is 292 cm³/mol. The first-order valence-electron chi connectivity index (χ1n) is 24.1. The fraction of sp³-hybridized carbons (Fsp3) is 0. The Bertz CT molecular complexity index is 3940. The van der Waals surface area contributed by atoms with Crippen LogP contribution >= 0.6 is 0 Å². The largest absolute Gasteiger partial charge is 0.309 e. The topological polar surface area (TPSA) is 108 Å². The number of hydrogen-bond donors (Lipinski definition) is 0. The van der Waals surface area contributed by atoms with Gasteiger partial charge in [0, 0.05) is 60.8 Å². The van der Waals surface area contributed by atoms with Crippen LogP contribution in [0.25, 0.3) is 130 Å². The highest BCUT2D eigenvalue weighted by molar-refractivity contribution is 6.11. The fourth-order valence-corrected chi connectivity index (χ4v) is 9.38. The van der Waals surface area contributed by atoms with E-state index in [1.54, 1.807) is 0 Å². The molecule has 9 heteroatoms. The summed E-state index contributed by atoms with van der Waals surface area (Å²) >= 11 is 0. The fourth-order valence-electron chi connectivity index (χ4n) is 9.38. The molecule has 9 aromatic carbocycles. The Morgan fingerprint density at radius 1 is 0.219 bits per heavy atom. The standard InChI is InChI=1S/C64H41N9/c1-7-21-42(22-8-1)53-41-54(43-23-9-2-10-24-43)66-62(65-53)49-36-38-57(52(40-49)64-71-60(46-29-15-5-16-30-46)68-61(72-64)47-31-17-6-18-32-47)73-55-34-20-19-33-50(55)51-39-48(35-37-56(51)73)63-69-58(44-25-11-3-12-26-44)67-59(70-63)45-27-13-4-14-28-45/h1-41H.